The third kappa shape index (κ3) is 2.86. The maximum Gasteiger partial charge on any atom is 0.315 e. The van der Waals surface area contributed by atoms with Crippen LogP contribution >= 0.6 is 0 Å². The average Bonchev–Trinajstić information content (AvgIpc) is 2.83. The zero-order chi connectivity index (χ0) is 14.0. The van der Waals surface area contributed by atoms with Gasteiger partial charge < -0.3 is 16.0 Å². The molecule has 0 bridgehead atoms. The number of hydrogen-bond acceptors (Lipinski definition) is 2. The van der Waals surface area contributed by atoms with Gasteiger partial charge in [0.15, 0.2) is 0 Å². The number of rotatable bonds is 2. The van der Waals surface area contributed by atoms with Gasteiger partial charge in [0.1, 0.15) is 6.04 Å². The molecule has 0 radical (unpaired) electrons. The van der Waals surface area contributed by atoms with E-state index in [1.807, 2.05) is 32.0 Å². The zero-order valence-corrected chi connectivity index (χ0v) is 11.3. The van der Waals surface area contributed by atoms with E-state index >= 15 is 0 Å². The van der Waals surface area contributed by atoms with Crippen LogP contribution in [0.15, 0.2) is 18.2 Å². The average molecular weight is 261 g/mol. The number of nitrogens with one attached hydrogen (secondary N) is 1. The van der Waals surface area contributed by atoms with Crippen molar-refractivity contribution in [3.8, 4) is 0 Å². The van der Waals surface area contributed by atoms with E-state index in [9.17, 15) is 9.59 Å². The zero-order valence-electron chi connectivity index (χ0n) is 11.3. The van der Waals surface area contributed by atoms with E-state index in [0.29, 0.717) is 13.0 Å². The van der Waals surface area contributed by atoms with Crippen molar-refractivity contribution < 1.29 is 9.59 Å². The molecule has 1 saturated heterocycles. The number of carbonyl (C=O) groups excluding carboxylic acids is 2. The monoisotopic (exact) mass is 261 g/mol. The molecular formula is C14H19N3O2. The van der Waals surface area contributed by atoms with Crippen LogP contribution in [0.25, 0.3) is 0 Å². The van der Waals surface area contributed by atoms with Crippen molar-refractivity contribution in [1.82, 2.24) is 4.90 Å². The normalized spacial score (nSPS) is 18.4. The van der Waals surface area contributed by atoms with Gasteiger partial charge in [0.2, 0.25) is 5.91 Å². The Balaban J connectivity index is 2.12. The van der Waals surface area contributed by atoms with Gasteiger partial charge >= 0.3 is 6.03 Å². The van der Waals surface area contributed by atoms with Crippen molar-refractivity contribution in [3.05, 3.63) is 29.3 Å². The van der Waals surface area contributed by atoms with Gasteiger partial charge in [-0.15, -0.1) is 0 Å². The van der Waals surface area contributed by atoms with Crippen LogP contribution in [-0.2, 0) is 4.79 Å². The molecular weight excluding hydrogens is 242 g/mol. The summed E-state index contributed by atoms with van der Waals surface area (Å²) in [5, 5.41) is 2.89. The number of nitrogens with zero attached hydrogens (tertiary/aromatic N) is 1. The van der Waals surface area contributed by atoms with Crippen LogP contribution in [0.1, 0.15) is 24.0 Å². The molecule has 1 aliphatic heterocycles. The molecule has 0 aliphatic carbocycles. The van der Waals surface area contributed by atoms with Crippen LogP contribution in [0.2, 0.25) is 0 Å². The van der Waals surface area contributed by atoms with Crippen LogP contribution < -0.4 is 11.1 Å². The molecule has 1 heterocycles. The molecule has 1 atom stereocenters. The van der Waals surface area contributed by atoms with Gasteiger partial charge in [0, 0.05) is 12.2 Å². The minimum atomic E-state index is -0.529. The van der Waals surface area contributed by atoms with Gasteiger partial charge in [-0.3, -0.25) is 4.79 Å². The SMILES string of the molecule is Cc1ccc(C)c(NC(=O)C2CCCN2C(N)=O)c1. The second kappa shape index (κ2) is 5.30. The van der Waals surface area contributed by atoms with Gasteiger partial charge in [-0.25, -0.2) is 4.79 Å². The Morgan fingerprint density at radius 3 is 2.79 bits per heavy atom. The van der Waals surface area contributed by atoms with Crippen LogP contribution in [0.5, 0.6) is 0 Å². The number of urea groups is 1. The van der Waals surface area contributed by atoms with Crippen molar-refractivity contribution in [1.29, 1.82) is 0 Å². The smallest absolute Gasteiger partial charge is 0.315 e. The van der Waals surface area contributed by atoms with Gasteiger partial charge in [0.05, 0.1) is 0 Å². The minimum Gasteiger partial charge on any atom is -0.351 e. The first-order valence-corrected chi connectivity index (χ1v) is 6.43. The molecule has 0 spiro atoms. The third-order valence-corrected chi connectivity index (χ3v) is 3.49. The van der Waals surface area contributed by atoms with Crippen molar-refractivity contribution in [3.63, 3.8) is 0 Å². The van der Waals surface area contributed by atoms with Crippen molar-refractivity contribution in [2.24, 2.45) is 5.73 Å². The molecule has 1 aromatic rings. The fourth-order valence-corrected chi connectivity index (χ4v) is 2.39. The molecule has 3 N–H and O–H groups in total. The molecule has 5 heteroatoms. The molecule has 1 aromatic carbocycles. The Morgan fingerprint density at radius 1 is 1.37 bits per heavy atom. The largest absolute Gasteiger partial charge is 0.351 e. The van der Waals surface area contributed by atoms with Crippen molar-refractivity contribution >= 4 is 17.6 Å². The maximum atomic E-state index is 12.2. The number of benzene rings is 1. The van der Waals surface area contributed by atoms with Crippen LogP contribution in [-0.4, -0.2) is 29.4 Å². The second-order valence-corrected chi connectivity index (χ2v) is 5.00. The Kier molecular flexibility index (Phi) is 3.74. The third-order valence-electron chi connectivity index (χ3n) is 3.49. The number of hydrogen-bond donors (Lipinski definition) is 2. The molecule has 3 amide bonds. The number of amides is 3. The van der Waals surface area contributed by atoms with Crippen LogP contribution in [0.4, 0.5) is 10.5 Å². The lowest BCUT2D eigenvalue weighted by Crippen LogP contribution is -2.45. The molecule has 1 unspecified atom stereocenters. The van der Waals surface area contributed by atoms with E-state index in [2.05, 4.69) is 5.32 Å². The fourth-order valence-electron chi connectivity index (χ4n) is 2.39. The highest BCUT2D eigenvalue weighted by molar-refractivity contribution is 5.97. The molecule has 0 saturated carbocycles. The van der Waals surface area contributed by atoms with E-state index in [1.54, 1.807) is 0 Å². The number of anilines is 1. The highest BCUT2D eigenvalue weighted by Crippen LogP contribution is 2.21. The van der Waals surface area contributed by atoms with Gasteiger partial charge in [-0.05, 0) is 43.9 Å². The summed E-state index contributed by atoms with van der Waals surface area (Å²) in [5.41, 5.74) is 8.16. The van der Waals surface area contributed by atoms with Gasteiger partial charge in [0.25, 0.3) is 0 Å². The van der Waals surface area contributed by atoms with E-state index < -0.39 is 12.1 Å². The minimum absolute atomic E-state index is 0.162. The molecule has 19 heavy (non-hydrogen) atoms. The summed E-state index contributed by atoms with van der Waals surface area (Å²) in [7, 11) is 0. The number of primary amides is 1. The predicted molar refractivity (Wildman–Crippen MR) is 73.9 cm³/mol. The molecule has 2 rings (SSSR count). The fraction of sp³-hybridized carbons (Fsp3) is 0.429. The summed E-state index contributed by atoms with van der Waals surface area (Å²) >= 11 is 0. The maximum absolute atomic E-state index is 12.2. The lowest BCUT2D eigenvalue weighted by atomic mass is 10.1. The number of likely N-dealkylation sites (tertiary alicyclic amines) is 1. The van der Waals surface area contributed by atoms with E-state index in [0.717, 1.165) is 23.2 Å². The van der Waals surface area contributed by atoms with E-state index in [1.165, 1.54) is 4.90 Å². The van der Waals surface area contributed by atoms with E-state index in [4.69, 9.17) is 5.73 Å². The summed E-state index contributed by atoms with van der Waals surface area (Å²) in [6.45, 7) is 4.47. The Hall–Kier alpha value is -2.04. The van der Waals surface area contributed by atoms with Crippen molar-refractivity contribution in [2.45, 2.75) is 32.7 Å². The molecule has 102 valence electrons. The second-order valence-electron chi connectivity index (χ2n) is 5.00. The molecule has 1 fully saturated rings. The summed E-state index contributed by atoms with van der Waals surface area (Å²) in [4.78, 5) is 24.9. The predicted octanol–water partition coefficient (Wildman–Crippen LogP) is 1.79. The highest BCUT2D eigenvalue weighted by Gasteiger charge is 2.33. The molecule has 5 nitrogen and oxygen atoms in total. The van der Waals surface area contributed by atoms with Crippen LogP contribution in [0.3, 0.4) is 0 Å². The highest BCUT2D eigenvalue weighted by atomic mass is 16.2. The number of nitrogens with two attached hydrogens (primary N) is 1. The standard InChI is InChI=1S/C14H19N3O2/c1-9-5-6-10(2)11(8-9)16-13(18)12-4-3-7-17(12)14(15)19/h5-6,8,12H,3-4,7H2,1-2H3,(H2,15,19)(H,16,18). The Morgan fingerprint density at radius 2 is 2.11 bits per heavy atom. The summed E-state index contributed by atoms with van der Waals surface area (Å²) in [6, 6.07) is 4.91. The van der Waals surface area contributed by atoms with Gasteiger partial charge in [-0.1, -0.05) is 12.1 Å². The quantitative estimate of drug-likeness (QED) is 0.851. The number of aryl methyl sites for hydroxylation is 2. The first-order valence-electron chi connectivity index (χ1n) is 6.43. The van der Waals surface area contributed by atoms with Crippen molar-refractivity contribution in [2.75, 3.05) is 11.9 Å². The summed E-state index contributed by atoms with van der Waals surface area (Å²) in [5.74, 6) is -0.162. The Bertz CT molecular complexity index is 513. The topological polar surface area (TPSA) is 75.4 Å². The Labute approximate surface area is 112 Å². The summed E-state index contributed by atoms with van der Waals surface area (Å²) < 4.78 is 0. The lowest BCUT2D eigenvalue weighted by molar-refractivity contribution is -0.119. The summed E-state index contributed by atoms with van der Waals surface area (Å²) in [6.07, 6.45) is 1.48. The first-order chi connectivity index (χ1) is 8.99. The van der Waals surface area contributed by atoms with Crippen LogP contribution in [0, 0.1) is 13.8 Å². The molecule has 0 aromatic heterocycles. The number of carbonyl (C=O) groups is 2. The first kappa shape index (κ1) is 13.4. The van der Waals surface area contributed by atoms with Gasteiger partial charge in [-0.2, -0.15) is 0 Å². The van der Waals surface area contributed by atoms with E-state index in [-0.39, 0.29) is 5.91 Å². The molecule has 1 aliphatic rings. The lowest BCUT2D eigenvalue weighted by Gasteiger charge is -2.22.